The van der Waals surface area contributed by atoms with Crippen molar-refractivity contribution in [3.63, 3.8) is 0 Å². The second-order valence-electron chi connectivity index (χ2n) is 8.75. The number of alkyl halides is 3. The topological polar surface area (TPSA) is 85.3 Å². The number of carboxylic acids is 1. The molecule has 1 aliphatic heterocycles. The molecule has 200 valence electrons. The second kappa shape index (κ2) is 11.6. The van der Waals surface area contributed by atoms with Crippen molar-refractivity contribution in [2.24, 2.45) is 0 Å². The van der Waals surface area contributed by atoms with Gasteiger partial charge in [-0.1, -0.05) is 66.7 Å². The number of halogens is 3. The molecule has 1 heterocycles. The number of carbonyl (C=O) groups excluding carboxylic acids is 1. The van der Waals surface area contributed by atoms with Gasteiger partial charge >= 0.3 is 12.1 Å². The molecule has 3 aromatic carbocycles. The summed E-state index contributed by atoms with van der Waals surface area (Å²) >= 11 is 0. The van der Waals surface area contributed by atoms with Gasteiger partial charge in [0.05, 0.1) is 7.11 Å². The first kappa shape index (κ1) is 27.0. The van der Waals surface area contributed by atoms with Crippen LogP contribution in [0.1, 0.15) is 28.4 Å². The Morgan fingerprint density at radius 2 is 1.68 bits per heavy atom. The summed E-state index contributed by atoms with van der Waals surface area (Å²) in [5.74, 6) is -1.41. The van der Waals surface area contributed by atoms with E-state index >= 15 is 0 Å². The van der Waals surface area contributed by atoms with Gasteiger partial charge in [0.2, 0.25) is 0 Å². The minimum atomic E-state index is -4.67. The van der Waals surface area contributed by atoms with Crippen LogP contribution in [0.2, 0.25) is 0 Å². The van der Waals surface area contributed by atoms with Crippen molar-refractivity contribution >= 4 is 11.9 Å². The fourth-order valence-electron chi connectivity index (χ4n) is 4.38. The fourth-order valence-corrected chi connectivity index (χ4v) is 4.38. The molecule has 1 amide bonds. The van der Waals surface area contributed by atoms with Gasteiger partial charge in [-0.2, -0.15) is 13.2 Å². The van der Waals surface area contributed by atoms with Crippen LogP contribution in [0.4, 0.5) is 13.2 Å². The van der Waals surface area contributed by atoms with Gasteiger partial charge in [0.25, 0.3) is 5.91 Å². The number of ether oxygens (including phenoxy) is 3. The summed E-state index contributed by atoms with van der Waals surface area (Å²) in [6.07, 6.45) is -6.43. The molecule has 38 heavy (non-hydrogen) atoms. The Morgan fingerprint density at radius 1 is 1.03 bits per heavy atom. The number of carboxylic acid groups (broad SMARTS) is 1. The molecule has 1 aliphatic rings. The number of amides is 1. The van der Waals surface area contributed by atoms with E-state index < -0.39 is 36.8 Å². The maximum atomic E-state index is 13.6. The number of nitrogens with zero attached hydrogens (tertiary/aromatic N) is 1. The summed E-state index contributed by atoms with van der Waals surface area (Å²) in [4.78, 5) is 26.9. The van der Waals surface area contributed by atoms with Crippen LogP contribution in [0.5, 0.6) is 11.5 Å². The zero-order valence-corrected chi connectivity index (χ0v) is 20.5. The number of benzene rings is 3. The lowest BCUT2D eigenvalue weighted by Gasteiger charge is -2.37. The van der Waals surface area contributed by atoms with Crippen molar-refractivity contribution in [2.45, 2.75) is 37.9 Å². The molecular formula is C28H26F3NO6. The van der Waals surface area contributed by atoms with Gasteiger partial charge in [0, 0.05) is 18.5 Å². The van der Waals surface area contributed by atoms with Crippen LogP contribution in [0.25, 0.3) is 0 Å². The van der Waals surface area contributed by atoms with Crippen molar-refractivity contribution in [1.82, 2.24) is 4.90 Å². The van der Waals surface area contributed by atoms with Gasteiger partial charge < -0.3 is 24.2 Å². The average molecular weight is 530 g/mol. The Kier molecular flexibility index (Phi) is 8.21. The monoisotopic (exact) mass is 529 g/mol. The Bertz CT molecular complexity index is 1270. The highest BCUT2D eigenvalue weighted by molar-refractivity contribution is 5.88. The molecule has 7 nitrogen and oxygen atoms in total. The summed E-state index contributed by atoms with van der Waals surface area (Å²) < 4.78 is 55.5. The van der Waals surface area contributed by atoms with Crippen LogP contribution in [0, 0.1) is 0 Å². The molecule has 2 atom stereocenters. The van der Waals surface area contributed by atoms with Gasteiger partial charge in [-0.3, -0.25) is 4.79 Å². The highest BCUT2D eigenvalue weighted by Gasteiger charge is 2.41. The molecule has 0 fully saturated rings. The van der Waals surface area contributed by atoms with Crippen molar-refractivity contribution in [1.29, 1.82) is 0 Å². The molecule has 0 unspecified atom stereocenters. The van der Waals surface area contributed by atoms with Crippen LogP contribution in [-0.4, -0.2) is 47.8 Å². The minimum Gasteiger partial charge on any atom is -0.493 e. The molecule has 0 aliphatic carbocycles. The molecule has 0 bridgehead atoms. The van der Waals surface area contributed by atoms with Crippen LogP contribution < -0.4 is 9.47 Å². The van der Waals surface area contributed by atoms with Gasteiger partial charge in [0.15, 0.2) is 17.6 Å². The maximum absolute atomic E-state index is 13.6. The van der Waals surface area contributed by atoms with Crippen molar-refractivity contribution in [2.75, 3.05) is 13.7 Å². The lowest BCUT2D eigenvalue weighted by molar-refractivity contribution is -0.193. The fraction of sp³-hybridized carbons (Fsp3) is 0.286. The van der Waals surface area contributed by atoms with Crippen LogP contribution >= 0.6 is 0 Å². The highest BCUT2D eigenvalue weighted by atomic mass is 19.4. The number of carbonyl (C=O) groups is 2. The number of hydrogen-bond acceptors (Lipinski definition) is 5. The van der Waals surface area contributed by atoms with E-state index in [1.807, 2.05) is 30.3 Å². The van der Waals surface area contributed by atoms with E-state index in [9.17, 15) is 27.9 Å². The Morgan fingerprint density at radius 3 is 2.29 bits per heavy atom. The van der Waals surface area contributed by atoms with Gasteiger partial charge in [0.1, 0.15) is 19.3 Å². The number of hydrogen-bond donors (Lipinski definition) is 1. The normalized spacial score (nSPS) is 15.9. The molecule has 3 aromatic rings. The molecule has 0 aromatic heterocycles. The standard InChI is InChI=1S/C28H26F3NO6/c1-36-23-13-12-20-15-32(26(33)24(38-17-28(29,30)31)19-10-6-3-7-11-19)22(27(34)35)14-21(20)25(23)37-16-18-8-4-2-5-9-18/h2-13,22,24H,14-17H2,1H3,(H,34,35)/t22-,24+/m0/s1. The quantitative estimate of drug-likeness (QED) is 0.423. The number of methoxy groups -OCH3 is 1. The van der Waals surface area contributed by atoms with Crippen LogP contribution in [0.3, 0.4) is 0 Å². The maximum Gasteiger partial charge on any atom is 0.411 e. The van der Waals surface area contributed by atoms with E-state index in [4.69, 9.17) is 14.2 Å². The van der Waals surface area contributed by atoms with E-state index in [-0.39, 0.29) is 25.1 Å². The van der Waals surface area contributed by atoms with Crippen molar-refractivity contribution < 1.29 is 42.1 Å². The molecule has 0 saturated carbocycles. The first-order valence-corrected chi connectivity index (χ1v) is 11.8. The summed E-state index contributed by atoms with van der Waals surface area (Å²) in [6.45, 7) is -1.61. The highest BCUT2D eigenvalue weighted by Crippen LogP contribution is 2.40. The third-order valence-electron chi connectivity index (χ3n) is 6.19. The number of fused-ring (bicyclic) bond motifs is 1. The molecule has 0 saturated heterocycles. The van der Waals surface area contributed by atoms with E-state index in [1.54, 1.807) is 30.3 Å². The van der Waals surface area contributed by atoms with E-state index in [1.165, 1.54) is 19.2 Å². The van der Waals surface area contributed by atoms with Crippen LogP contribution in [0.15, 0.2) is 72.8 Å². The SMILES string of the molecule is COc1ccc2c(c1OCc1ccccc1)C[C@@H](C(=O)O)N(C(=O)[C@H](OCC(F)(F)F)c1ccccc1)C2. The van der Waals surface area contributed by atoms with Gasteiger partial charge in [-0.05, 0) is 22.8 Å². The summed E-state index contributed by atoms with van der Waals surface area (Å²) in [5.41, 5.74) is 2.24. The lowest BCUT2D eigenvalue weighted by Crippen LogP contribution is -2.50. The molecule has 0 radical (unpaired) electrons. The third kappa shape index (κ3) is 6.25. The van der Waals surface area contributed by atoms with Crippen molar-refractivity contribution in [3.8, 4) is 11.5 Å². The first-order valence-electron chi connectivity index (χ1n) is 11.8. The summed E-state index contributed by atoms with van der Waals surface area (Å²) in [6, 6.07) is 19.1. The van der Waals surface area contributed by atoms with Gasteiger partial charge in [-0.25, -0.2) is 4.79 Å². The first-order chi connectivity index (χ1) is 18.2. The zero-order chi connectivity index (χ0) is 27.3. The van der Waals surface area contributed by atoms with E-state index in [2.05, 4.69) is 0 Å². The third-order valence-corrected chi connectivity index (χ3v) is 6.19. The molecular weight excluding hydrogens is 503 g/mol. The number of aliphatic carboxylic acids is 1. The molecule has 4 rings (SSSR count). The van der Waals surface area contributed by atoms with Gasteiger partial charge in [-0.15, -0.1) is 0 Å². The van der Waals surface area contributed by atoms with E-state index in [0.717, 1.165) is 10.5 Å². The van der Waals surface area contributed by atoms with Crippen LogP contribution in [-0.2, 0) is 33.9 Å². The molecule has 1 N–H and O–H groups in total. The number of rotatable bonds is 9. The Balaban J connectivity index is 1.67. The second-order valence-corrected chi connectivity index (χ2v) is 8.75. The molecule has 10 heteroatoms. The smallest absolute Gasteiger partial charge is 0.411 e. The van der Waals surface area contributed by atoms with Crippen molar-refractivity contribution in [3.05, 3.63) is 95.1 Å². The predicted molar refractivity (Wildman–Crippen MR) is 131 cm³/mol. The summed E-state index contributed by atoms with van der Waals surface area (Å²) in [7, 11) is 1.47. The predicted octanol–water partition coefficient (Wildman–Crippen LogP) is 4.93. The average Bonchev–Trinajstić information content (AvgIpc) is 2.91. The largest absolute Gasteiger partial charge is 0.493 e. The Hall–Kier alpha value is -4.05. The molecule has 0 spiro atoms. The minimum absolute atomic E-state index is 0.126. The van der Waals surface area contributed by atoms with E-state index in [0.29, 0.717) is 22.6 Å². The Labute approximate surface area is 217 Å². The zero-order valence-electron chi connectivity index (χ0n) is 20.5. The summed E-state index contributed by atoms with van der Waals surface area (Å²) in [5, 5.41) is 10.0. The lowest BCUT2D eigenvalue weighted by atomic mass is 9.91.